The van der Waals surface area contributed by atoms with Crippen molar-refractivity contribution in [2.75, 3.05) is 5.32 Å². The molecule has 0 spiro atoms. The van der Waals surface area contributed by atoms with E-state index in [-0.39, 0.29) is 17.7 Å². The molecule has 3 rings (SSSR count). The highest BCUT2D eigenvalue weighted by molar-refractivity contribution is 6.01. The zero-order valence-corrected chi connectivity index (χ0v) is 16.5. The standard InChI is InChI=1S/C23H27N3O2/c1-16-7-6-10-20(15-16)23(28)26-25-17(2)18-11-13-21(14-12-18)24-22(27)19-8-4-3-5-9-19/h6-7,10-15,19H,3-5,8-9H2,1-2H3,(H,24,27)(H,26,28)/b25-17-. The Morgan fingerprint density at radius 3 is 2.36 bits per heavy atom. The third-order valence-corrected chi connectivity index (χ3v) is 5.15. The number of hydrogen-bond acceptors (Lipinski definition) is 3. The van der Waals surface area contributed by atoms with E-state index in [9.17, 15) is 9.59 Å². The molecule has 0 aliphatic heterocycles. The van der Waals surface area contributed by atoms with Crippen molar-refractivity contribution in [1.82, 2.24) is 5.43 Å². The molecule has 2 aromatic carbocycles. The second kappa shape index (κ2) is 9.31. The van der Waals surface area contributed by atoms with Crippen molar-refractivity contribution in [3.8, 4) is 0 Å². The fourth-order valence-corrected chi connectivity index (χ4v) is 3.45. The molecule has 2 N–H and O–H groups in total. The highest BCUT2D eigenvalue weighted by atomic mass is 16.2. The van der Waals surface area contributed by atoms with Gasteiger partial charge in [0.15, 0.2) is 0 Å². The first-order chi connectivity index (χ1) is 13.5. The smallest absolute Gasteiger partial charge is 0.271 e. The average Bonchev–Trinajstić information content (AvgIpc) is 2.73. The zero-order chi connectivity index (χ0) is 19.9. The number of carbonyl (C=O) groups excluding carboxylic acids is 2. The minimum absolute atomic E-state index is 0.114. The Hall–Kier alpha value is -2.95. The van der Waals surface area contributed by atoms with Crippen LogP contribution in [0.2, 0.25) is 0 Å². The molecule has 0 aromatic heterocycles. The highest BCUT2D eigenvalue weighted by Gasteiger charge is 2.20. The summed E-state index contributed by atoms with van der Waals surface area (Å²) in [6, 6.07) is 14.9. The van der Waals surface area contributed by atoms with E-state index in [1.54, 1.807) is 6.07 Å². The summed E-state index contributed by atoms with van der Waals surface area (Å²) < 4.78 is 0. The van der Waals surface area contributed by atoms with Crippen molar-refractivity contribution in [2.45, 2.75) is 46.0 Å². The number of amides is 2. The average molecular weight is 377 g/mol. The van der Waals surface area contributed by atoms with Crippen LogP contribution in [0.3, 0.4) is 0 Å². The Bertz CT molecular complexity index is 866. The van der Waals surface area contributed by atoms with Gasteiger partial charge in [0.2, 0.25) is 5.91 Å². The monoisotopic (exact) mass is 377 g/mol. The molecule has 1 fully saturated rings. The van der Waals surface area contributed by atoms with Gasteiger partial charge in [-0.1, -0.05) is 49.1 Å². The minimum Gasteiger partial charge on any atom is -0.326 e. The maximum atomic E-state index is 12.3. The van der Waals surface area contributed by atoms with Crippen LogP contribution in [-0.2, 0) is 4.79 Å². The van der Waals surface area contributed by atoms with Crippen LogP contribution in [0.1, 0.15) is 60.5 Å². The van der Waals surface area contributed by atoms with Crippen molar-refractivity contribution >= 4 is 23.2 Å². The summed E-state index contributed by atoms with van der Waals surface area (Å²) in [6.45, 7) is 3.78. The quantitative estimate of drug-likeness (QED) is 0.587. The first-order valence-corrected chi connectivity index (χ1v) is 9.85. The largest absolute Gasteiger partial charge is 0.326 e. The number of anilines is 1. The molecule has 0 unspecified atom stereocenters. The predicted molar refractivity (Wildman–Crippen MR) is 113 cm³/mol. The van der Waals surface area contributed by atoms with Gasteiger partial charge in [-0.15, -0.1) is 0 Å². The van der Waals surface area contributed by atoms with Crippen LogP contribution in [0.25, 0.3) is 0 Å². The number of nitrogens with one attached hydrogen (secondary N) is 2. The van der Waals surface area contributed by atoms with E-state index in [0.29, 0.717) is 11.3 Å². The van der Waals surface area contributed by atoms with Crippen LogP contribution in [0.15, 0.2) is 53.6 Å². The van der Waals surface area contributed by atoms with Gasteiger partial charge in [-0.25, -0.2) is 5.43 Å². The topological polar surface area (TPSA) is 70.6 Å². The van der Waals surface area contributed by atoms with Crippen LogP contribution < -0.4 is 10.7 Å². The van der Waals surface area contributed by atoms with E-state index in [4.69, 9.17) is 0 Å². The fraction of sp³-hybridized carbons (Fsp3) is 0.348. The second-order valence-electron chi connectivity index (χ2n) is 7.41. The third-order valence-electron chi connectivity index (χ3n) is 5.15. The SMILES string of the molecule is C/C(=N/NC(=O)c1cccc(C)c1)c1ccc(NC(=O)C2CCCCC2)cc1. The van der Waals surface area contributed by atoms with Crippen LogP contribution >= 0.6 is 0 Å². The lowest BCUT2D eigenvalue weighted by Crippen LogP contribution is -2.24. The molecule has 28 heavy (non-hydrogen) atoms. The van der Waals surface area contributed by atoms with Crippen LogP contribution in [0.4, 0.5) is 5.69 Å². The summed E-state index contributed by atoms with van der Waals surface area (Å²) in [6.07, 6.45) is 5.48. The van der Waals surface area contributed by atoms with E-state index in [0.717, 1.165) is 42.5 Å². The van der Waals surface area contributed by atoms with Gasteiger partial charge in [-0.05, 0) is 56.5 Å². The van der Waals surface area contributed by atoms with Crippen LogP contribution in [0.5, 0.6) is 0 Å². The van der Waals surface area contributed by atoms with Crippen molar-refractivity contribution in [3.63, 3.8) is 0 Å². The molecule has 5 heteroatoms. The molecule has 1 aliphatic rings. The molecule has 5 nitrogen and oxygen atoms in total. The minimum atomic E-state index is -0.237. The van der Waals surface area contributed by atoms with Gasteiger partial charge >= 0.3 is 0 Å². The van der Waals surface area contributed by atoms with Gasteiger partial charge < -0.3 is 5.32 Å². The van der Waals surface area contributed by atoms with Gasteiger partial charge in [-0.2, -0.15) is 5.10 Å². The molecule has 0 bridgehead atoms. The molecule has 0 atom stereocenters. The molecule has 1 saturated carbocycles. The Morgan fingerprint density at radius 1 is 0.964 bits per heavy atom. The molecule has 0 radical (unpaired) electrons. The molecule has 0 heterocycles. The van der Waals surface area contributed by atoms with Crippen molar-refractivity contribution < 1.29 is 9.59 Å². The number of nitrogens with zero attached hydrogens (tertiary/aromatic N) is 1. The van der Waals surface area contributed by atoms with E-state index < -0.39 is 0 Å². The maximum absolute atomic E-state index is 12.3. The molecule has 2 amide bonds. The number of aryl methyl sites for hydroxylation is 1. The summed E-state index contributed by atoms with van der Waals surface area (Å²) in [5.74, 6) is 0.0104. The first kappa shape index (κ1) is 19.8. The lowest BCUT2D eigenvalue weighted by atomic mass is 9.88. The zero-order valence-electron chi connectivity index (χ0n) is 16.5. The van der Waals surface area contributed by atoms with Gasteiger partial charge in [0, 0.05) is 17.2 Å². The lowest BCUT2D eigenvalue weighted by molar-refractivity contribution is -0.120. The number of carbonyl (C=O) groups is 2. The Morgan fingerprint density at radius 2 is 1.68 bits per heavy atom. The van der Waals surface area contributed by atoms with E-state index in [1.807, 2.05) is 56.3 Å². The lowest BCUT2D eigenvalue weighted by Gasteiger charge is -2.20. The maximum Gasteiger partial charge on any atom is 0.271 e. The van der Waals surface area contributed by atoms with Crippen LogP contribution in [0, 0.1) is 12.8 Å². The molecule has 146 valence electrons. The Labute approximate surface area is 166 Å². The summed E-state index contributed by atoms with van der Waals surface area (Å²) in [5, 5.41) is 7.20. The summed E-state index contributed by atoms with van der Waals surface area (Å²) >= 11 is 0. The summed E-state index contributed by atoms with van der Waals surface area (Å²) in [7, 11) is 0. The summed E-state index contributed by atoms with van der Waals surface area (Å²) in [4.78, 5) is 24.5. The number of rotatable bonds is 5. The van der Waals surface area contributed by atoms with E-state index in [1.165, 1.54) is 6.42 Å². The predicted octanol–water partition coefficient (Wildman–Crippen LogP) is 4.67. The molecular formula is C23H27N3O2. The number of hydrogen-bond donors (Lipinski definition) is 2. The van der Waals surface area contributed by atoms with Gasteiger partial charge in [0.1, 0.15) is 0 Å². The molecule has 0 saturated heterocycles. The Kier molecular flexibility index (Phi) is 6.58. The van der Waals surface area contributed by atoms with Crippen molar-refractivity contribution in [2.24, 2.45) is 11.0 Å². The number of benzene rings is 2. The summed E-state index contributed by atoms with van der Waals surface area (Å²) in [5.41, 5.74) is 6.58. The fourth-order valence-electron chi connectivity index (χ4n) is 3.45. The van der Waals surface area contributed by atoms with Gasteiger partial charge in [0.25, 0.3) is 5.91 Å². The second-order valence-corrected chi connectivity index (χ2v) is 7.41. The molecule has 2 aromatic rings. The van der Waals surface area contributed by atoms with E-state index in [2.05, 4.69) is 15.8 Å². The van der Waals surface area contributed by atoms with E-state index >= 15 is 0 Å². The highest BCUT2D eigenvalue weighted by Crippen LogP contribution is 2.25. The molecular weight excluding hydrogens is 350 g/mol. The van der Waals surface area contributed by atoms with Gasteiger partial charge in [-0.3, -0.25) is 9.59 Å². The number of hydrazone groups is 1. The van der Waals surface area contributed by atoms with Gasteiger partial charge in [0.05, 0.1) is 5.71 Å². The Balaban J connectivity index is 1.58. The molecule has 1 aliphatic carbocycles. The first-order valence-electron chi connectivity index (χ1n) is 9.85. The van der Waals surface area contributed by atoms with Crippen LogP contribution in [-0.4, -0.2) is 17.5 Å². The van der Waals surface area contributed by atoms with Crippen molar-refractivity contribution in [3.05, 3.63) is 65.2 Å². The normalized spacial score (nSPS) is 15.1. The van der Waals surface area contributed by atoms with Crippen molar-refractivity contribution in [1.29, 1.82) is 0 Å². The third kappa shape index (κ3) is 5.28.